The Morgan fingerprint density at radius 3 is 2.49 bits per heavy atom. The highest BCUT2D eigenvalue weighted by molar-refractivity contribution is 5.96. The van der Waals surface area contributed by atoms with Crippen molar-refractivity contribution < 1.29 is 14.3 Å². The zero-order valence-electron chi connectivity index (χ0n) is 26.3. The molecule has 5 N–H and O–H groups in total. The van der Waals surface area contributed by atoms with Crippen molar-refractivity contribution >= 4 is 18.5 Å². The van der Waals surface area contributed by atoms with Crippen molar-refractivity contribution in [1.29, 1.82) is 0 Å². The Hall–Kier alpha value is -3.37. The lowest BCUT2D eigenvalue weighted by atomic mass is 9.82. The number of amides is 2. The van der Waals surface area contributed by atoms with Gasteiger partial charge in [-0.15, -0.1) is 0 Å². The van der Waals surface area contributed by atoms with Crippen molar-refractivity contribution in [3.05, 3.63) is 58.7 Å². The highest BCUT2D eigenvalue weighted by atomic mass is 16.5. The van der Waals surface area contributed by atoms with Crippen LogP contribution in [-0.2, 0) is 14.3 Å². The van der Waals surface area contributed by atoms with Crippen molar-refractivity contribution in [3.8, 4) is 0 Å². The normalized spacial score (nSPS) is 20.0. The first kappa shape index (κ1) is 35.7. The maximum atomic E-state index is 13.6. The molecule has 0 aromatic rings. The molecular weight excluding hydrogens is 518 g/mol. The van der Waals surface area contributed by atoms with Gasteiger partial charge in [-0.3, -0.25) is 19.5 Å². The summed E-state index contributed by atoms with van der Waals surface area (Å²) in [5, 5.41) is 9.02. The Balaban J connectivity index is 0.00000201. The van der Waals surface area contributed by atoms with Crippen molar-refractivity contribution in [3.63, 3.8) is 0 Å². The Morgan fingerprint density at radius 1 is 1.24 bits per heavy atom. The highest BCUT2D eigenvalue weighted by Gasteiger charge is 2.37. The second kappa shape index (κ2) is 18.9. The molecule has 230 valence electrons. The van der Waals surface area contributed by atoms with Gasteiger partial charge in [-0.1, -0.05) is 27.7 Å². The van der Waals surface area contributed by atoms with Gasteiger partial charge in [0.25, 0.3) is 0 Å². The summed E-state index contributed by atoms with van der Waals surface area (Å²) in [6, 6.07) is -0.0106. The summed E-state index contributed by atoms with van der Waals surface area (Å²) in [5.41, 5.74) is 15.4. The first-order valence-corrected chi connectivity index (χ1v) is 14.9. The summed E-state index contributed by atoms with van der Waals surface area (Å²) in [4.78, 5) is 30.3. The number of nitrogens with two attached hydrogens (primary N) is 2. The van der Waals surface area contributed by atoms with E-state index in [0.717, 1.165) is 47.7 Å². The number of rotatable bonds is 11. The molecule has 10 heteroatoms. The Labute approximate surface area is 247 Å². The maximum Gasteiger partial charge on any atom is 0.250 e. The van der Waals surface area contributed by atoms with Crippen LogP contribution in [0.5, 0.6) is 0 Å². The number of hydrazone groups is 1. The second-order valence-electron chi connectivity index (χ2n) is 9.59. The van der Waals surface area contributed by atoms with Crippen molar-refractivity contribution in [1.82, 2.24) is 20.1 Å². The number of hydrogen-bond acceptors (Lipinski definition) is 8. The Morgan fingerprint density at radius 2 is 1.90 bits per heavy atom. The molecule has 1 aliphatic carbocycles. The molecule has 2 aliphatic heterocycles. The van der Waals surface area contributed by atoms with E-state index >= 15 is 0 Å². The van der Waals surface area contributed by atoms with Crippen LogP contribution < -0.4 is 16.8 Å². The van der Waals surface area contributed by atoms with E-state index in [1.165, 1.54) is 6.20 Å². The molecule has 2 heterocycles. The van der Waals surface area contributed by atoms with Crippen LogP contribution in [0.25, 0.3) is 0 Å². The Kier molecular flexibility index (Phi) is 16.4. The van der Waals surface area contributed by atoms with Crippen molar-refractivity contribution in [2.24, 2.45) is 22.5 Å². The first-order chi connectivity index (χ1) is 19.8. The first-order valence-electron chi connectivity index (χ1n) is 14.9. The van der Waals surface area contributed by atoms with Gasteiger partial charge in [0.2, 0.25) is 11.8 Å². The average Bonchev–Trinajstić information content (AvgIpc) is 2.98. The maximum absolute atomic E-state index is 13.6. The van der Waals surface area contributed by atoms with E-state index in [9.17, 15) is 9.59 Å². The summed E-state index contributed by atoms with van der Waals surface area (Å²) in [6.07, 6.45) is 9.70. The second-order valence-corrected chi connectivity index (χ2v) is 9.59. The lowest BCUT2D eigenvalue weighted by Gasteiger charge is -2.39. The van der Waals surface area contributed by atoms with Gasteiger partial charge >= 0.3 is 0 Å². The molecule has 10 nitrogen and oxygen atoms in total. The number of carbonyl (C=O) groups is 2. The molecule has 0 saturated carbocycles. The van der Waals surface area contributed by atoms with Crippen LogP contribution in [0.4, 0.5) is 0 Å². The minimum atomic E-state index is -0.197. The average molecular weight is 572 g/mol. The number of carbonyl (C=O) groups excluding carboxylic acids is 2. The van der Waals surface area contributed by atoms with Crippen molar-refractivity contribution in [2.75, 3.05) is 45.9 Å². The van der Waals surface area contributed by atoms with E-state index in [1.807, 2.05) is 59.4 Å². The molecule has 2 amide bonds. The minimum Gasteiger partial charge on any atom is -0.405 e. The highest BCUT2D eigenvalue weighted by Crippen LogP contribution is 2.38. The van der Waals surface area contributed by atoms with Crippen LogP contribution in [0, 0.1) is 5.92 Å². The Bertz CT molecular complexity index is 1020. The zero-order chi connectivity index (χ0) is 30.9. The monoisotopic (exact) mass is 571 g/mol. The third kappa shape index (κ3) is 10.2. The molecule has 0 aromatic carbocycles. The smallest absolute Gasteiger partial charge is 0.250 e. The van der Waals surface area contributed by atoms with Crippen LogP contribution in [0.15, 0.2) is 63.8 Å². The topological polar surface area (TPSA) is 130 Å². The predicted molar refractivity (Wildman–Crippen MR) is 168 cm³/mol. The summed E-state index contributed by atoms with van der Waals surface area (Å²) < 4.78 is 5.51. The lowest BCUT2D eigenvalue weighted by molar-refractivity contribution is -0.129. The minimum absolute atomic E-state index is 0.0106. The molecule has 41 heavy (non-hydrogen) atoms. The number of allylic oxidation sites excluding steroid dienone is 4. The fourth-order valence-corrected chi connectivity index (χ4v) is 4.96. The van der Waals surface area contributed by atoms with Crippen LogP contribution in [-0.4, -0.2) is 85.3 Å². The molecule has 1 fully saturated rings. The SMILES string of the molecule is C=NN(C1=CC(=O)NC2=CC(C)=C(C(=O)N3CCN(C/C(N)=C/C=C\N)CC3)CC21)C(C)CCOCC.CC.CC. The van der Waals surface area contributed by atoms with E-state index in [1.54, 1.807) is 23.2 Å². The molecule has 2 atom stereocenters. The van der Waals surface area contributed by atoms with Crippen LogP contribution in [0.3, 0.4) is 0 Å². The number of fused-ring (bicyclic) bond motifs is 1. The molecule has 0 spiro atoms. The fraction of sp³-hybridized carbons (Fsp3) is 0.581. The van der Waals surface area contributed by atoms with E-state index in [0.29, 0.717) is 39.3 Å². The molecule has 0 bridgehead atoms. The van der Waals surface area contributed by atoms with Gasteiger partial charge in [0.05, 0.1) is 11.7 Å². The van der Waals surface area contributed by atoms with Gasteiger partial charge in [-0.2, -0.15) is 5.10 Å². The summed E-state index contributed by atoms with van der Waals surface area (Å²) in [6.45, 7) is 22.3. The molecule has 0 radical (unpaired) electrons. The molecule has 2 unspecified atom stereocenters. The number of hydrogen-bond donors (Lipinski definition) is 3. The van der Waals surface area contributed by atoms with Gasteiger partial charge in [0.15, 0.2) is 0 Å². The van der Waals surface area contributed by atoms with E-state index in [-0.39, 0.29) is 23.8 Å². The molecule has 1 saturated heterocycles. The van der Waals surface area contributed by atoms with E-state index in [2.05, 4.69) is 22.0 Å². The number of nitrogens with one attached hydrogen (secondary N) is 1. The zero-order valence-corrected chi connectivity index (χ0v) is 26.3. The number of nitrogens with zero attached hydrogens (tertiary/aromatic N) is 4. The number of ether oxygens (including phenoxy) is 1. The molecule has 3 aliphatic rings. The summed E-state index contributed by atoms with van der Waals surface area (Å²) in [7, 11) is 0. The van der Waals surface area contributed by atoms with Crippen LogP contribution in [0.1, 0.15) is 61.3 Å². The van der Waals surface area contributed by atoms with Crippen LogP contribution in [0.2, 0.25) is 0 Å². The summed E-state index contributed by atoms with van der Waals surface area (Å²) >= 11 is 0. The van der Waals surface area contributed by atoms with Crippen LogP contribution >= 0.6 is 0 Å². The third-order valence-corrected chi connectivity index (χ3v) is 7.00. The largest absolute Gasteiger partial charge is 0.405 e. The third-order valence-electron chi connectivity index (χ3n) is 7.00. The van der Waals surface area contributed by atoms with E-state index < -0.39 is 0 Å². The van der Waals surface area contributed by atoms with Crippen molar-refractivity contribution in [2.45, 2.75) is 67.3 Å². The van der Waals surface area contributed by atoms with Gasteiger partial charge in [-0.05, 0) is 63.6 Å². The standard InChI is InChI=1S/C27H41N7O3.2C2H6/c1-5-37-14-8-20(3)34(30-4)25-17-26(35)31-24-15-19(2)22(16-23(24)25)27(36)33-12-10-32(11-13-33)18-21(29)7-6-9-28;2*1-2/h6-7,9,15,17,20,23H,4-5,8,10-14,16,18,28-29H2,1-3H3,(H,31,35);2*1-2H3/b9-6-,21-7-;;. The number of piperazine rings is 1. The van der Waals surface area contributed by atoms with Gasteiger partial charge in [0.1, 0.15) is 0 Å². The predicted octanol–water partition coefficient (Wildman–Crippen LogP) is 3.46. The van der Waals surface area contributed by atoms with E-state index in [4.69, 9.17) is 16.2 Å². The quantitative estimate of drug-likeness (QED) is 0.150. The molecular formula is C31H53N7O3. The summed E-state index contributed by atoms with van der Waals surface area (Å²) in [5.74, 6) is -0.333. The van der Waals surface area contributed by atoms with Gasteiger partial charge in [0, 0.05) is 81.6 Å². The lowest BCUT2D eigenvalue weighted by Crippen LogP contribution is -2.50. The fourth-order valence-electron chi connectivity index (χ4n) is 4.96. The molecule has 0 aromatic heterocycles. The molecule has 3 rings (SSSR count). The van der Waals surface area contributed by atoms with Gasteiger partial charge in [-0.25, -0.2) is 0 Å². The van der Waals surface area contributed by atoms with Gasteiger partial charge < -0.3 is 26.4 Å².